The lowest BCUT2D eigenvalue weighted by Gasteiger charge is -2.17. The number of ether oxygens (including phenoxy) is 1. The maximum atomic E-state index is 9.30. The predicted octanol–water partition coefficient (Wildman–Crippen LogP) is 4.87. The van der Waals surface area contributed by atoms with Crippen molar-refractivity contribution in [2.24, 2.45) is 5.92 Å². The van der Waals surface area contributed by atoms with Crippen LogP contribution in [0.1, 0.15) is 84.5 Å². The Balaban J connectivity index is 3.09. The summed E-state index contributed by atoms with van der Waals surface area (Å²) in [6, 6.07) is 0. The van der Waals surface area contributed by atoms with E-state index < -0.39 is 5.79 Å². The zero-order valence-corrected chi connectivity index (χ0v) is 15.4. The Hall–Kier alpha value is 0.170. The molecule has 4 heteroatoms. The van der Waals surface area contributed by atoms with Gasteiger partial charge in [-0.2, -0.15) is 0 Å². The highest BCUT2D eigenvalue weighted by molar-refractivity contribution is 6.18. The van der Waals surface area contributed by atoms with Gasteiger partial charge in [-0.1, -0.05) is 65.2 Å². The molecule has 0 atom stereocenters. The van der Waals surface area contributed by atoms with Crippen molar-refractivity contribution in [3.8, 4) is 0 Å². The molecule has 0 rings (SSSR count). The van der Waals surface area contributed by atoms with Gasteiger partial charge in [-0.15, -0.1) is 11.6 Å². The molecule has 134 valence electrons. The summed E-state index contributed by atoms with van der Waals surface area (Å²) < 4.78 is 5.49. The van der Waals surface area contributed by atoms with Crippen molar-refractivity contribution in [3.63, 3.8) is 0 Å². The third-order valence-corrected chi connectivity index (χ3v) is 4.33. The number of unbranched alkanes of at least 4 members (excludes halogenated alkanes) is 7. The van der Waals surface area contributed by atoms with E-state index in [9.17, 15) is 10.2 Å². The van der Waals surface area contributed by atoms with Crippen LogP contribution < -0.4 is 0 Å². The molecule has 0 spiro atoms. The van der Waals surface area contributed by atoms with Gasteiger partial charge in [-0.25, -0.2) is 0 Å². The molecule has 0 aliphatic rings. The van der Waals surface area contributed by atoms with Gasteiger partial charge in [-0.3, -0.25) is 0 Å². The molecule has 0 fully saturated rings. The van der Waals surface area contributed by atoms with Crippen molar-refractivity contribution >= 4 is 11.6 Å². The minimum absolute atomic E-state index is 0.148. The first-order chi connectivity index (χ1) is 10.5. The van der Waals surface area contributed by atoms with Crippen molar-refractivity contribution in [1.29, 1.82) is 0 Å². The minimum Gasteiger partial charge on any atom is -0.381 e. The molecule has 0 aromatic heterocycles. The highest BCUT2D eigenvalue weighted by atomic mass is 35.5. The van der Waals surface area contributed by atoms with E-state index in [1.54, 1.807) is 0 Å². The first kappa shape index (κ1) is 22.2. The fraction of sp³-hybridized carbons (Fsp3) is 1.00. The first-order valence-electron chi connectivity index (χ1n) is 9.06. The Bertz CT molecular complexity index is 232. The lowest BCUT2D eigenvalue weighted by atomic mass is 10.0. The van der Waals surface area contributed by atoms with Gasteiger partial charge >= 0.3 is 0 Å². The monoisotopic (exact) mass is 336 g/mol. The third-order valence-electron chi connectivity index (χ3n) is 3.90. The van der Waals surface area contributed by atoms with E-state index in [4.69, 9.17) is 16.3 Å². The van der Waals surface area contributed by atoms with Crippen LogP contribution >= 0.6 is 11.6 Å². The van der Waals surface area contributed by atoms with Crippen LogP contribution in [-0.4, -0.2) is 35.1 Å². The molecule has 0 bridgehead atoms. The Morgan fingerprint density at radius 3 is 1.86 bits per heavy atom. The van der Waals surface area contributed by atoms with Crippen LogP contribution in [0, 0.1) is 5.92 Å². The van der Waals surface area contributed by atoms with E-state index in [1.807, 2.05) is 0 Å². The molecule has 0 saturated heterocycles. The van der Waals surface area contributed by atoms with E-state index in [1.165, 1.54) is 51.4 Å². The van der Waals surface area contributed by atoms with Crippen LogP contribution in [0.4, 0.5) is 0 Å². The zero-order chi connectivity index (χ0) is 16.7. The second-order valence-corrected chi connectivity index (χ2v) is 7.11. The Kier molecular flexibility index (Phi) is 14.9. The smallest absolute Gasteiger partial charge is 0.176 e. The quantitative estimate of drug-likeness (QED) is 0.240. The second kappa shape index (κ2) is 14.7. The predicted molar refractivity (Wildman–Crippen MR) is 94.3 cm³/mol. The van der Waals surface area contributed by atoms with E-state index in [0.717, 1.165) is 18.9 Å². The second-order valence-electron chi connectivity index (χ2n) is 6.84. The molecule has 0 heterocycles. The average molecular weight is 337 g/mol. The van der Waals surface area contributed by atoms with Gasteiger partial charge in [0.1, 0.15) is 0 Å². The van der Waals surface area contributed by atoms with Gasteiger partial charge in [0.2, 0.25) is 0 Å². The van der Waals surface area contributed by atoms with Crippen molar-refractivity contribution in [2.75, 3.05) is 19.1 Å². The maximum absolute atomic E-state index is 9.30. The Labute approximate surface area is 142 Å². The van der Waals surface area contributed by atoms with Gasteiger partial charge in [0.15, 0.2) is 5.79 Å². The lowest BCUT2D eigenvalue weighted by molar-refractivity contribution is -0.148. The lowest BCUT2D eigenvalue weighted by Crippen LogP contribution is -2.30. The van der Waals surface area contributed by atoms with Crippen LogP contribution in [0.2, 0.25) is 0 Å². The number of hydrogen-bond acceptors (Lipinski definition) is 3. The van der Waals surface area contributed by atoms with Crippen molar-refractivity contribution in [3.05, 3.63) is 0 Å². The van der Waals surface area contributed by atoms with Gasteiger partial charge in [-0.05, 0) is 18.8 Å². The van der Waals surface area contributed by atoms with Gasteiger partial charge in [0, 0.05) is 19.6 Å². The van der Waals surface area contributed by atoms with Crippen LogP contribution in [0.3, 0.4) is 0 Å². The molecule has 0 aliphatic heterocycles. The summed E-state index contributed by atoms with van der Waals surface area (Å²) in [5.74, 6) is -1.04. The number of halogens is 1. The standard InChI is InChI=1S/C18H37ClO3/c1-17(2)12-9-7-5-3-4-6-8-10-14-22-15-11-13-18(20,21)16-19/h17,20-21H,3-16H2,1-2H3. The molecule has 0 saturated carbocycles. The summed E-state index contributed by atoms with van der Waals surface area (Å²) in [6.07, 6.45) is 12.8. The third kappa shape index (κ3) is 16.5. The fourth-order valence-corrected chi connectivity index (χ4v) is 2.58. The van der Waals surface area contributed by atoms with Crippen LogP contribution in [0.5, 0.6) is 0 Å². The maximum Gasteiger partial charge on any atom is 0.176 e. The van der Waals surface area contributed by atoms with E-state index in [0.29, 0.717) is 13.0 Å². The minimum atomic E-state index is -1.74. The molecule has 0 aromatic rings. The molecular weight excluding hydrogens is 300 g/mol. The number of alkyl halides is 1. The average Bonchev–Trinajstić information content (AvgIpc) is 2.47. The summed E-state index contributed by atoms with van der Waals surface area (Å²) in [7, 11) is 0. The van der Waals surface area contributed by atoms with E-state index >= 15 is 0 Å². The normalized spacial score (nSPS) is 12.3. The van der Waals surface area contributed by atoms with E-state index in [2.05, 4.69) is 13.8 Å². The van der Waals surface area contributed by atoms with Crippen molar-refractivity contribution in [2.45, 2.75) is 90.3 Å². The molecule has 0 unspecified atom stereocenters. The topological polar surface area (TPSA) is 49.7 Å². The van der Waals surface area contributed by atoms with Crippen LogP contribution in [0.25, 0.3) is 0 Å². The Morgan fingerprint density at radius 1 is 0.818 bits per heavy atom. The molecule has 22 heavy (non-hydrogen) atoms. The molecule has 0 amide bonds. The summed E-state index contributed by atoms with van der Waals surface area (Å²) in [6.45, 7) is 5.95. The van der Waals surface area contributed by atoms with E-state index in [-0.39, 0.29) is 12.3 Å². The molecule has 0 aliphatic carbocycles. The number of rotatable bonds is 16. The summed E-state index contributed by atoms with van der Waals surface area (Å²) in [5.41, 5.74) is 0. The summed E-state index contributed by atoms with van der Waals surface area (Å²) in [5, 5.41) is 18.6. The molecular formula is C18H37ClO3. The number of hydrogen-bond donors (Lipinski definition) is 2. The Morgan fingerprint density at radius 2 is 1.32 bits per heavy atom. The highest BCUT2D eigenvalue weighted by Gasteiger charge is 2.20. The summed E-state index contributed by atoms with van der Waals surface area (Å²) in [4.78, 5) is 0. The van der Waals surface area contributed by atoms with Crippen LogP contribution in [0.15, 0.2) is 0 Å². The molecule has 3 nitrogen and oxygen atoms in total. The highest BCUT2D eigenvalue weighted by Crippen LogP contribution is 2.13. The van der Waals surface area contributed by atoms with Crippen LogP contribution in [-0.2, 0) is 4.74 Å². The first-order valence-corrected chi connectivity index (χ1v) is 9.60. The SMILES string of the molecule is CC(C)CCCCCCCCCCOCCCC(O)(O)CCl. The largest absolute Gasteiger partial charge is 0.381 e. The summed E-state index contributed by atoms with van der Waals surface area (Å²) >= 11 is 5.42. The van der Waals surface area contributed by atoms with Crippen molar-refractivity contribution in [1.82, 2.24) is 0 Å². The number of aliphatic hydroxyl groups is 2. The molecule has 0 radical (unpaired) electrons. The van der Waals surface area contributed by atoms with Gasteiger partial charge in [0.05, 0.1) is 5.88 Å². The molecule has 2 N–H and O–H groups in total. The zero-order valence-electron chi connectivity index (χ0n) is 14.7. The van der Waals surface area contributed by atoms with Gasteiger partial charge in [0.25, 0.3) is 0 Å². The molecule has 0 aromatic carbocycles. The van der Waals surface area contributed by atoms with Gasteiger partial charge < -0.3 is 14.9 Å². The van der Waals surface area contributed by atoms with Crippen molar-refractivity contribution < 1.29 is 14.9 Å². The fourth-order valence-electron chi connectivity index (χ4n) is 2.44.